The molecule has 0 bridgehead atoms. The zero-order valence-electron chi connectivity index (χ0n) is 27.3. The van der Waals surface area contributed by atoms with Gasteiger partial charge in [0.2, 0.25) is 0 Å². The minimum Gasteiger partial charge on any atom is -0.457 e. The van der Waals surface area contributed by atoms with Crippen molar-refractivity contribution in [1.29, 1.82) is 0 Å². The van der Waals surface area contributed by atoms with Crippen molar-refractivity contribution in [2.75, 3.05) is 0 Å². The van der Waals surface area contributed by atoms with Crippen molar-refractivity contribution in [1.82, 2.24) is 9.97 Å². The summed E-state index contributed by atoms with van der Waals surface area (Å²) in [6, 6.07) is 67.8. The van der Waals surface area contributed by atoms with Crippen LogP contribution in [0.3, 0.4) is 0 Å². The Morgan fingerprint density at radius 1 is 0.340 bits per heavy atom. The third-order valence-electron chi connectivity index (χ3n) is 9.65. The number of fused-ring (bicyclic) bond motifs is 2. The van der Waals surface area contributed by atoms with E-state index in [0.717, 1.165) is 56.3 Å². The maximum absolute atomic E-state index is 6.53. The average molecular weight is 641 g/mol. The van der Waals surface area contributed by atoms with E-state index >= 15 is 0 Å². The van der Waals surface area contributed by atoms with E-state index in [1.807, 2.05) is 24.3 Å². The van der Waals surface area contributed by atoms with Gasteiger partial charge in [0.1, 0.15) is 11.5 Å². The molecule has 0 unspecified atom stereocenters. The quantitative estimate of drug-likeness (QED) is 0.181. The number of nitrogens with zero attached hydrogens (tertiary/aromatic N) is 2. The van der Waals surface area contributed by atoms with E-state index in [-0.39, 0.29) is 0 Å². The lowest BCUT2D eigenvalue weighted by atomic mass is 9.63. The van der Waals surface area contributed by atoms with Crippen LogP contribution in [0.1, 0.15) is 22.3 Å². The predicted molar refractivity (Wildman–Crippen MR) is 202 cm³/mol. The highest BCUT2D eigenvalue weighted by molar-refractivity contribution is 5.76. The van der Waals surface area contributed by atoms with E-state index in [9.17, 15) is 0 Å². The highest BCUT2D eigenvalue weighted by Crippen LogP contribution is 2.55. The summed E-state index contributed by atoms with van der Waals surface area (Å²) in [5, 5.41) is 0. The van der Waals surface area contributed by atoms with Crippen molar-refractivity contribution >= 4 is 0 Å². The summed E-state index contributed by atoms with van der Waals surface area (Å²) >= 11 is 0. The standard InChI is InChI=1S/C47H32N2O/c1-4-15-33(16-5-1)34-27-29-36(30-28-34)43-32-42(35-17-6-2-7-18-35)48-46(49-43)37-19-14-22-39(31-37)47(38-20-8-3-9-21-38)40-23-10-12-25-44(40)50-45-26-13-11-24-41(45)47/h1-32H. The molecule has 0 amide bonds. The maximum atomic E-state index is 6.53. The molecule has 7 aromatic carbocycles. The van der Waals surface area contributed by atoms with Crippen LogP contribution in [-0.4, -0.2) is 9.97 Å². The van der Waals surface area contributed by atoms with Crippen LogP contribution < -0.4 is 4.74 Å². The Morgan fingerprint density at radius 2 is 0.780 bits per heavy atom. The van der Waals surface area contributed by atoms with Gasteiger partial charge < -0.3 is 4.74 Å². The molecule has 0 spiro atoms. The molecule has 0 fully saturated rings. The third kappa shape index (κ3) is 5.08. The smallest absolute Gasteiger partial charge is 0.160 e. The summed E-state index contributed by atoms with van der Waals surface area (Å²) in [6.45, 7) is 0. The van der Waals surface area contributed by atoms with Crippen molar-refractivity contribution < 1.29 is 4.74 Å². The number of hydrogen-bond acceptors (Lipinski definition) is 3. The van der Waals surface area contributed by atoms with Crippen LogP contribution in [0, 0.1) is 0 Å². The van der Waals surface area contributed by atoms with E-state index in [4.69, 9.17) is 14.7 Å². The lowest BCUT2D eigenvalue weighted by Gasteiger charge is -2.41. The first kappa shape index (κ1) is 29.6. The molecule has 0 aliphatic carbocycles. The molecule has 1 aromatic heterocycles. The summed E-state index contributed by atoms with van der Waals surface area (Å²) in [7, 11) is 0. The molecule has 1 aliphatic heterocycles. The van der Waals surface area contributed by atoms with Crippen LogP contribution >= 0.6 is 0 Å². The van der Waals surface area contributed by atoms with Gasteiger partial charge in [-0.25, -0.2) is 9.97 Å². The molecule has 2 heterocycles. The largest absolute Gasteiger partial charge is 0.457 e. The van der Waals surface area contributed by atoms with Gasteiger partial charge in [-0.15, -0.1) is 0 Å². The first-order chi connectivity index (χ1) is 24.8. The van der Waals surface area contributed by atoms with Crippen LogP contribution in [0.15, 0.2) is 194 Å². The Balaban J connectivity index is 1.24. The predicted octanol–water partition coefficient (Wildman–Crippen LogP) is 11.6. The Bertz CT molecular complexity index is 2390. The molecule has 50 heavy (non-hydrogen) atoms. The van der Waals surface area contributed by atoms with Gasteiger partial charge in [-0.3, -0.25) is 0 Å². The van der Waals surface area contributed by atoms with E-state index in [2.05, 4.69) is 170 Å². The SMILES string of the molecule is c1ccc(-c2ccc(-c3cc(-c4ccccc4)nc(-c4cccc(C5(c6ccccc6)c6ccccc6Oc6ccccc65)c4)n3)cc2)cc1. The molecule has 9 rings (SSSR count). The van der Waals surface area contributed by atoms with Gasteiger partial charge in [0, 0.05) is 27.8 Å². The molecule has 0 saturated heterocycles. The maximum Gasteiger partial charge on any atom is 0.160 e. The zero-order valence-corrected chi connectivity index (χ0v) is 27.3. The summed E-state index contributed by atoms with van der Waals surface area (Å²) in [5.74, 6) is 2.38. The van der Waals surface area contributed by atoms with Crippen molar-refractivity contribution in [3.8, 4) is 56.5 Å². The molecular weight excluding hydrogens is 609 g/mol. The highest BCUT2D eigenvalue weighted by atomic mass is 16.5. The number of hydrogen-bond donors (Lipinski definition) is 0. The van der Waals surface area contributed by atoms with Crippen LogP contribution in [0.5, 0.6) is 11.5 Å². The third-order valence-corrected chi connectivity index (χ3v) is 9.65. The summed E-state index contributed by atoms with van der Waals surface area (Å²) in [6.07, 6.45) is 0. The van der Waals surface area contributed by atoms with Crippen LogP contribution in [-0.2, 0) is 5.41 Å². The minimum atomic E-state index is -0.629. The van der Waals surface area contributed by atoms with Gasteiger partial charge in [0.25, 0.3) is 0 Å². The second kappa shape index (κ2) is 12.5. The monoisotopic (exact) mass is 640 g/mol. The molecule has 3 heteroatoms. The van der Waals surface area contributed by atoms with Crippen LogP contribution in [0.2, 0.25) is 0 Å². The van der Waals surface area contributed by atoms with Crippen molar-refractivity contribution in [3.63, 3.8) is 0 Å². The van der Waals surface area contributed by atoms with Crippen LogP contribution in [0.4, 0.5) is 0 Å². The van der Waals surface area contributed by atoms with E-state index in [1.165, 1.54) is 16.7 Å². The molecule has 8 aromatic rings. The number of ether oxygens (including phenoxy) is 1. The van der Waals surface area contributed by atoms with Gasteiger partial charge >= 0.3 is 0 Å². The lowest BCUT2D eigenvalue weighted by molar-refractivity contribution is 0.434. The lowest BCUT2D eigenvalue weighted by Crippen LogP contribution is -2.34. The van der Waals surface area contributed by atoms with E-state index < -0.39 is 5.41 Å². The summed E-state index contributed by atoms with van der Waals surface area (Å²) in [4.78, 5) is 10.4. The van der Waals surface area contributed by atoms with Gasteiger partial charge in [0.05, 0.1) is 16.8 Å². The van der Waals surface area contributed by atoms with Gasteiger partial charge in [0.15, 0.2) is 5.82 Å². The normalized spacial score (nSPS) is 12.7. The van der Waals surface area contributed by atoms with Gasteiger partial charge in [-0.1, -0.05) is 170 Å². The number of aromatic nitrogens is 2. The molecular formula is C47H32N2O. The number of para-hydroxylation sites is 2. The fourth-order valence-electron chi connectivity index (χ4n) is 7.31. The zero-order chi connectivity index (χ0) is 33.3. The highest BCUT2D eigenvalue weighted by Gasteiger charge is 2.45. The second-order valence-electron chi connectivity index (χ2n) is 12.6. The second-order valence-corrected chi connectivity index (χ2v) is 12.6. The first-order valence-corrected chi connectivity index (χ1v) is 16.9. The van der Waals surface area contributed by atoms with E-state index in [0.29, 0.717) is 5.82 Å². The van der Waals surface area contributed by atoms with Gasteiger partial charge in [-0.05, 0) is 46.5 Å². The molecule has 1 aliphatic rings. The fraction of sp³-hybridized carbons (Fsp3) is 0.0213. The summed E-state index contributed by atoms with van der Waals surface area (Å²) in [5.41, 5.74) is 11.0. The Labute approximate surface area is 292 Å². The van der Waals surface area contributed by atoms with Crippen molar-refractivity contribution in [2.24, 2.45) is 0 Å². The Hall–Kier alpha value is -6.58. The average Bonchev–Trinajstić information content (AvgIpc) is 3.21. The first-order valence-electron chi connectivity index (χ1n) is 16.9. The topological polar surface area (TPSA) is 35.0 Å². The molecule has 0 N–H and O–H groups in total. The van der Waals surface area contributed by atoms with Crippen LogP contribution in [0.25, 0.3) is 45.0 Å². The van der Waals surface area contributed by atoms with E-state index in [1.54, 1.807) is 0 Å². The number of benzene rings is 7. The molecule has 236 valence electrons. The Kier molecular flexibility index (Phi) is 7.37. The fourth-order valence-corrected chi connectivity index (χ4v) is 7.31. The Morgan fingerprint density at radius 3 is 1.40 bits per heavy atom. The minimum absolute atomic E-state index is 0.629. The van der Waals surface area contributed by atoms with Crippen molar-refractivity contribution in [3.05, 3.63) is 216 Å². The van der Waals surface area contributed by atoms with Crippen molar-refractivity contribution in [2.45, 2.75) is 5.41 Å². The molecule has 0 radical (unpaired) electrons. The molecule has 0 atom stereocenters. The molecule has 0 saturated carbocycles. The van der Waals surface area contributed by atoms with Gasteiger partial charge in [-0.2, -0.15) is 0 Å². The number of rotatable bonds is 6. The molecule has 3 nitrogen and oxygen atoms in total. The summed E-state index contributed by atoms with van der Waals surface area (Å²) < 4.78 is 6.53.